The number of esters is 1. The Balaban J connectivity index is 2.07. The van der Waals surface area contributed by atoms with E-state index in [1.165, 1.54) is 0 Å². The summed E-state index contributed by atoms with van der Waals surface area (Å²) in [5, 5.41) is 0. The van der Waals surface area contributed by atoms with Crippen molar-refractivity contribution in [2.45, 2.75) is 33.4 Å². The van der Waals surface area contributed by atoms with Gasteiger partial charge in [0, 0.05) is 5.56 Å². The lowest BCUT2D eigenvalue weighted by Crippen LogP contribution is -2.41. The number of likely N-dealkylation sites (N-methyl/N-ethyl adjacent to an activating group) is 1. The van der Waals surface area contributed by atoms with E-state index in [4.69, 9.17) is 9.15 Å². The fraction of sp³-hybridized carbons (Fsp3) is 0.444. The first-order valence-electron chi connectivity index (χ1n) is 7.75. The molecule has 0 fully saturated rings. The second-order valence-corrected chi connectivity index (χ2v) is 6.15. The third-order valence-electron chi connectivity index (χ3n) is 3.69. The SMILES string of the molecule is Cc1oc(-c2ccccc2)nc1COC(=O)C(C(C)C)N(C)C. The summed E-state index contributed by atoms with van der Waals surface area (Å²) in [6.07, 6.45) is 0. The molecular weight excluding hydrogens is 292 g/mol. The molecule has 0 bridgehead atoms. The third kappa shape index (κ3) is 4.20. The van der Waals surface area contributed by atoms with Gasteiger partial charge in [-0.05, 0) is 39.1 Å². The van der Waals surface area contributed by atoms with E-state index in [1.807, 2.05) is 70.1 Å². The van der Waals surface area contributed by atoms with Gasteiger partial charge < -0.3 is 9.15 Å². The molecule has 2 rings (SSSR count). The minimum absolute atomic E-state index is 0.123. The smallest absolute Gasteiger partial charge is 0.323 e. The molecule has 0 saturated heterocycles. The van der Waals surface area contributed by atoms with E-state index >= 15 is 0 Å². The number of aromatic nitrogens is 1. The number of rotatable bonds is 6. The average molecular weight is 316 g/mol. The molecular formula is C18H24N2O3. The van der Waals surface area contributed by atoms with Gasteiger partial charge in [-0.2, -0.15) is 0 Å². The summed E-state index contributed by atoms with van der Waals surface area (Å²) < 4.78 is 11.1. The maximum Gasteiger partial charge on any atom is 0.323 e. The number of aryl methyl sites for hydroxylation is 1. The molecule has 0 radical (unpaired) electrons. The van der Waals surface area contributed by atoms with Crippen LogP contribution in [0.15, 0.2) is 34.7 Å². The molecule has 23 heavy (non-hydrogen) atoms. The van der Waals surface area contributed by atoms with Crippen molar-refractivity contribution >= 4 is 5.97 Å². The molecule has 5 heteroatoms. The van der Waals surface area contributed by atoms with Crippen molar-refractivity contribution in [3.8, 4) is 11.5 Å². The Bertz CT molecular complexity index is 640. The quantitative estimate of drug-likeness (QED) is 0.766. The molecule has 0 saturated carbocycles. The Morgan fingerprint density at radius 3 is 2.48 bits per heavy atom. The Kier molecular flexibility index (Phi) is 5.55. The lowest BCUT2D eigenvalue weighted by Gasteiger charge is -2.25. The van der Waals surface area contributed by atoms with Crippen LogP contribution in [0.5, 0.6) is 0 Å². The lowest BCUT2D eigenvalue weighted by atomic mass is 10.0. The Morgan fingerprint density at radius 2 is 1.91 bits per heavy atom. The molecule has 0 N–H and O–H groups in total. The van der Waals surface area contributed by atoms with E-state index in [9.17, 15) is 4.79 Å². The van der Waals surface area contributed by atoms with Crippen molar-refractivity contribution < 1.29 is 13.9 Å². The first-order valence-corrected chi connectivity index (χ1v) is 7.75. The van der Waals surface area contributed by atoms with Crippen LogP contribution in [0.3, 0.4) is 0 Å². The van der Waals surface area contributed by atoms with Crippen LogP contribution in [-0.4, -0.2) is 36.0 Å². The summed E-state index contributed by atoms with van der Waals surface area (Å²) in [6, 6.07) is 9.40. The second-order valence-electron chi connectivity index (χ2n) is 6.15. The van der Waals surface area contributed by atoms with E-state index in [2.05, 4.69) is 4.98 Å². The van der Waals surface area contributed by atoms with Crippen molar-refractivity contribution in [2.24, 2.45) is 5.92 Å². The van der Waals surface area contributed by atoms with E-state index < -0.39 is 0 Å². The monoisotopic (exact) mass is 316 g/mol. The van der Waals surface area contributed by atoms with Crippen molar-refractivity contribution in [1.29, 1.82) is 0 Å². The summed E-state index contributed by atoms with van der Waals surface area (Å²) >= 11 is 0. The summed E-state index contributed by atoms with van der Waals surface area (Å²) in [7, 11) is 3.75. The van der Waals surface area contributed by atoms with Crippen molar-refractivity contribution in [1.82, 2.24) is 9.88 Å². The lowest BCUT2D eigenvalue weighted by molar-refractivity contribution is -0.152. The minimum atomic E-state index is -0.268. The van der Waals surface area contributed by atoms with Gasteiger partial charge in [-0.25, -0.2) is 4.98 Å². The number of hydrogen-bond acceptors (Lipinski definition) is 5. The van der Waals surface area contributed by atoms with Crippen LogP contribution in [0.1, 0.15) is 25.3 Å². The van der Waals surface area contributed by atoms with Gasteiger partial charge in [0.25, 0.3) is 0 Å². The summed E-state index contributed by atoms with van der Waals surface area (Å²) in [5.74, 6) is 1.15. The van der Waals surface area contributed by atoms with Crippen molar-refractivity contribution in [2.75, 3.05) is 14.1 Å². The molecule has 1 aromatic carbocycles. The van der Waals surface area contributed by atoms with Crippen LogP contribution in [0, 0.1) is 12.8 Å². The van der Waals surface area contributed by atoms with Crippen LogP contribution >= 0.6 is 0 Å². The van der Waals surface area contributed by atoms with Gasteiger partial charge in [-0.1, -0.05) is 32.0 Å². The fourth-order valence-corrected chi connectivity index (χ4v) is 2.57. The number of benzene rings is 1. The molecule has 0 aliphatic carbocycles. The van der Waals surface area contributed by atoms with Crippen molar-refractivity contribution in [3.05, 3.63) is 41.8 Å². The van der Waals surface area contributed by atoms with Gasteiger partial charge in [0.05, 0.1) is 0 Å². The number of carbonyl (C=O) groups excluding carboxylic acids is 1. The Morgan fingerprint density at radius 1 is 1.26 bits per heavy atom. The highest BCUT2D eigenvalue weighted by Gasteiger charge is 2.26. The maximum absolute atomic E-state index is 12.3. The van der Waals surface area contributed by atoms with Gasteiger partial charge in [0.2, 0.25) is 5.89 Å². The molecule has 124 valence electrons. The van der Waals surface area contributed by atoms with Crippen LogP contribution in [0.2, 0.25) is 0 Å². The predicted molar refractivity (Wildman–Crippen MR) is 88.8 cm³/mol. The zero-order valence-electron chi connectivity index (χ0n) is 14.4. The standard InChI is InChI=1S/C18H24N2O3/c1-12(2)16(20(4)5)18(21)22-11-15-13(3)23-17(19-15)14-9-7-6-8-10-14/h6-10,12,16H,11H2,1-5H3. The van der Waals surface area contributed by atoms with Gasteiger partial charge >= 0.3 is 5.97 Å². The molecule has 1 atom stereocenters. The van der Waals surface area contributed by atoms with Gasteiger partial charge in [0.15, 0.2) is 0 Å². The highest BCUT2D eigenvalue weighted by Crippen LogP contribution is 2.22. The number of hydrogen-bond donors (Lipinski definition) is 0. The van der Waals surface area contributed by atoms with Crippen LogP contribution in [0.25, 0.3) is 11.5 Å². The largest absolute Gasteiger partial charge is 0.458 e. The Hall–Kier alpha value is -2.14. The molecule has 0 spiro atoms. The second kappa shape index (κ2) is 7.42. The first-order chi connectivity index (χ1) is 10.9. The van der Waals surface area contributed by atoms with Crippen LogP contribution < -0.4 is 0 Å². The Labute approximate surface area is 137 Å². The first kappa shape index (κ1) is 17.2. The average Bonchev–Trinajstić information content (AvgIpc) is 2.86. The third-order valence-corrected chi connectivity index (χ3v) is 3.69. The van der Waals surface area contributed by atoms with Gasteiger partial charge in [-0.3, -0.25) is 9.69 Å². The fourth-order valence-electron chi connectivity index (χ4n) is 2.57. The molecule has 1 unspecified atom stereocenters. The van der Waals surface area contributed by atoms with Gasteiger partial charge in [0.1, 0.15) is 24.1 Å². The number of oxazole rings is 1. The normalized spacial score (nSPS) is 12.7. The topological polar surface area (TPSA) is 55.6 Å². The summed E-state index contributed by atoms with van der Waals surface area (Å²) in [4.78, 5) is 18.6. The molecule has 2 aromatic rings. The summed E-state index contributed by atoms with van der Waals surface area (Å²) in [5.41, 5.74) is 1.56. The molecule has 5 nitrogen and oxygen atoms in total. The molecule has 0 amide bonds. The number of carbonyl (C=O) groups is 1. The molecule has 0 aliphatic heterocycles. The zero-order chi connectivity index (χ0) is 17.0. The number of nitrogens with zero attached hydrogens (tertiary/aromatic N) is 2. The highest BCUT2D eigenvalue weighted by molar-refractivity contribution is 5.76. The molecule has 1 aromatic heterocycles. The molecule has 1 heterocycles. The predicted octanol–water partition coefficient (Wildman–Crippen LogP) is 3.28. The van der Waals surface area contributed by atoms with Crippen molar-refractivity contribution in [3.63, 3.8) is 0 Å². The van der Waals surface area contributed by atoms with Crippen LogP contribution in [0.4, 0.5) is 0 Å². The van der Waals surface area contributed by atoms with Gasteiger partial charge in [-0.15, -0.1) is 0 Å². The number of ether oxygens (including phenoxy) is 1. The highest BCUT2D eigenvalue weighted by atomic mass is 16.5. The van der Waals surface area contributed by atoms with E-state index in [0.29, 0.717) is 17.3 Å². The maximum atomic E-state index is 12.3. The van der Waals surface area contributed by atoms with E-state index in [0.717, 1.165) is 5.56 Å². The minimum Gasteiger partial charge on any atom is -0.458 e. The van der Waals surface area contributed by atoms with E-state index in [1.54, 1.807) is 0 Å². The zero-order valence-corrected chi connectivity index (χ0v) is 14.4. The van der Waals surface area contributed by atoms with E-state index in [-0.39, 0.29) is 24.5 Å². The summed E-state index contributed by atoms with van der Waals surface area (Å²) in [6.45, 7) is 5.95. The molecule has 0 aliphatic rings. The van der Waals surface area contributed by atoms with Crippen LogP contribution in [-0.2, 0) is 16.1 Å².